The third kappa shape index (κ3) is 6.82. The van der Waals surface area contributed by atoms with Crippen LogP contribution < -0.4 is 25.5 Å². The van der Waals surface area contributed by atoms with Crippen molar-refractivity contribution in [1.82, 2.24) is 4.98 Å². The van der Waals surface area contributed by atoms with Crippen molar-refractivity contribution in [1.29, 1.82) is 0 Å². The van der Waals surface area contributed by atoms with E-state index in [4.69, 9.17) is 4.74 Å². The quantitative estimate of drug-likeness (QED) is 0.168. The first-order valence-electron chi connectivity index (χ1n) is 24.2. The predicted molar refractivity (Wildman–Crippen MR) is 303 cm³/mol. The van der Waals surface area contributed by atoms with Crippen LogP contribution in [-0.2, 0) is 5.41 Å². The number of fused-ring (bicyclic) bond motifs is 10. The number of aromatic nitrogens is 1. The zero-order valence-corrected chi connectivity index (χ0v) is 41.0. The third-order valence-corrected chi connectivity index (χ3v) is 16.4. The summed E-state index contributed by atoms with van der Waals surface area (Å²) in [4.78, 5) is 12.4. The highest BCUT2D eigenvalue weighted by Crippen LogP contribution is 2.53. The Kier molecular flexibility index (Phi) is 9.64. The maximum Gasteiger partial charge on any atom is 0.197 e. The summed E-state index contributed by atoms with van der Waals surface area (Å²) in [7, 11) is 2.44. The van der Waals surface area contributed by atoms with E-state index < -0.39 is 0 Å². The Labute approximate surface area is 422 Å². The maximum atomic E-state index is 6.78. The highest BCUT2D eigenvalue weighted by molar-refractivity contribution is 7.99. The average molecular weight is 947 g/mol. The van der Waals surface area contributed by atoms with Crippen molar-refractivity contribution >= 4 is 117 Å². The molecule has 14 rings (SSSR count). The van der Waals surface area contributed by atoms with Crippen LogP contribution in [0.15, 0.2) is 222 Å². The summed E-state index contributed by atoms with van der Waals surface area (Å²) >= 11 is 3.61. The van der Waals surface area contributed by atoms with Crippen molar-refractivity contribution in [2.24, 2.45) is 0 Å². The molecule has 0 fully saturated rings. The summed E-state index contributed by atoms with van der Waals surface area (Å²) < 4.78 is 8.05. The molecular weight excluding hydrogens is 902 g/mol. The Hall–Kier alpha value is -7.97. The van der Waals surface area contributed by atoms with E-state index in [-0.39, 0.29) is 5.41 Å². The Morgan fingerprint density at radius 2 is 1.24 bits per heavy atom. The van der Waals surface area contributed by atoms with Gasteiger partial charge in [-0.2, -0.15) is 0 Å². The molecule has 1 N–H and O–H groups in total. The number of anilines is 6. The Morgan fingerprint density at radius 1 is 0.549 bits per heavy atom. The number of para-hydroxylation sites is 3. The largest absolute Gasteiger partial charge is 0.455 e. The number of hydrogen-bond donors (Lipinski definition) is 1. The molecule has 2 aromatic heterocycles. The second kappa shape index (κ2) is 16.3. The minimum absolute atomic E-state index is 0.0578. The monoisotopic (exact) mass is 946 g/mol. The summed E-state index contributed by atoms with van der Waals surface area (Å²) in [6.07, 6.45) is 0. The van der Waals surface area contributed by atoms with E-state index >= 15 is 0 Å². The van der Waals surface area contributed by atoms with Crippen LogP contribution in [0.5, 0.6) is 11.5 Å². The molecule has 0 bridgehead atoms. The zero-order chi connectivity index (χ0) is 47.4. The van der Waals surface area contributed by atoms with Crippen molar-refractivity contribution in [3.05, 3.63) is 218 Å². The first-order valence-corrected chi connectivity index (χ1v) is 25.9. The molecule has 0 amide bonds. The lowest BCUT2D eigenvalue weighted by Gasteiger charge is -2.38. The van der Waals surface area contributed by atoms with E-state index in [9.17, 15) is 0 Å². The molecule has 337 valence electrons. The van der Waals surface area contributed by atoms with Gasteiger partial charge in [0.2, 0.25) is 0 Å². The molecule has 71 heavy (non-hydrogen) atoms. The number of nitrogens with one attached hydrogen (secondary N) is 1. The molecule has 0 saturated carbocycles. The molecule has 0 atom stereocenters. The van der Waals surface area contributed by atoms with Gasteiger partial charge in [-0.25, -0.2) is 0 Å². The molecule has 0 spiro atoms. The van der Waals surface area contributed by atoms with E-state index in [1.165, 1.54) is 53.9 Å². The number of benzene rings is 10. The molecular formula is C64H45BN3OS2. The number of thiophene rings is 1. The van der Waals surface area contributed by atoms with Gasteiger partial charge in [-0.1, -0.05) is 171 Å². The Balaban J connectivity index is 1.08. The van der Waals surface area contributed by atoms with Gasteiger partial charge in [0.25, 0.3) is 0 Å². The second-order valence-electron chi connectivity index (χ2n) is 19.6. The van der Waals surface area contributed by atoms with Gasteiger partial charge in [0.1, 0.15) is 16.3 Å². The molecule has 0 unspecified atom stereocenters. The molecule has 0 aliphatic carbocycles. The number of hydrogen-bond acceptors (Lipinski definition) is 5. The number of H-pyrrole nitrogens is 1. The van der Waals surface area contributed by atoms with Gasteiger partial charge < -0.3 is 19.5 Å². The van der Waals surface area contributed by atoms with Crippen molar-refractivity contribution < 1.29 is 4.74 Å². The lowest BCUT2D eigenvalue weighted by atomic mass is 9.57. The predicted octanol–water partition coefficient (Wildman–Crippen LogP) is 17.5. The van der Waals surface area contributed by atoms with E-state index in [1.807, 2.05) is 11.3 Å². The number of nitrogens with zero attached hydrogens (tertiary/aromatic N) is 2. The van der Waals surface area contributed by atoms with Crippen LogP contribution in [0.4, 0.5) is 34.1 Å². The Bertz CT molecular complexity index is 4040. The maximum absolute atomic E-state index is 6.78. The van der Waals surface area contributed by atoms with Gasteiger partial charge in [0, 0.05) is 60.8 Å². The number of ether oxygens (including phenoxy) is 1. The summed E-state index contributed by atoms with van der Waals surface area (Å²) in [6.45, 7) is 6.90. The van der Waals surface area contributed by atoms with Crippen LogP contribution in [-0.4, -0.2) is 12.3 Å². The fourth-order valence-electron chi connectivity index (χ4n) is 10.9. The first-order chi connectivity index (χ1) is 34.8. The molecule has 2 aliphatic rings. The third-order valence-electron chi connectivity index (χ3n) is 14.2. The van der Waals surface area contributed by atoms with Crippen molar-refractivity contribution in [2.45, 2.75) is 36.0 Å². The van der Waals surface area contributed by atoms with E-state index in [0.29, 0.717) is 0 Å². The molecule has 10 aromatic carbocycles. The topological polar surface area (TPSA) is 31.5 Å². The summed E-state index contributed by atoms with van der Waals surface area (Å²) in [5, 5.41) is 6.06. The van der Waals surface area contributed by atoms with Gasteiger partial charge >= 0.3 is 0 Å². The average Bonchev–Trinajstić information content (AvgIpc) is 3.97. The van der Waals surface area contributed by atoms with Crippen molar-refractivity contribution in [2.75, 3.05) is 9.80 Å². The number of rotatable bonds is 6. The van der Waals surface area contributed by atoms with E-state index in [1.54, 1.807) is 11.8 Å². The van der Waals surface area contributed by atoms with Gasteiger partial charge in [-0.05, 0) is 111 Å². The normalized spacial score (nSPS) is 12.9. The summed E-state index contributed by atoms with van der Waals surface area (Å²) in [5.41, 5.74) is 15.9. The fraction of sp³-hybridized carbons (Fsp3) is 0.0625. The van der Waals surface area contributed by atoms with E-state index in [0.717, 1.165) is 82.3 Å². The van der Waals surface area contributed by atoms with Crippen molar-refractivity contribution in [3.8, 4) is 33.8 Å². The molecule has 0 saturated heterocycles. The lowest BCUT2D eigenvalue weighted by Crippen LogP contribution is -2.41. The van der Waals surface area contributed by atoms with Crippen LogP contribution >= 0.6 is 23.1 Å². The molecule has 12 aromatic rings. The van der Waals surface area contributed by atoms with E-state index in [2.05, 4.69) is 255 Å². The summed E-state index contributed by atoms with van der Waals surface area (Å²) in [6, 6.07) is 77.4. The van der Waals surface area contributed by atoms with Gasteiger partial charge in [-0.3, -0.25) is 0 Å². The van der Waals surface area contributed by atoms with Crippen molar-refractivity contribution in [3.63, 3.8) is 0 Å². The molecule has 7 heteroatoms. The van der Waals surface area contributed by atoms with Gasteiger partial charge in [0.15, 0.2) is 7.28 Å². The minimum Gasteiger partial charge on any atom is -0.455 e. The standard InChI is InChI=1S/C64H45BN3OS2/c1-64(2,3)41-31-33-49(47(36-41)39-19-7-4-8-20-39)68-51-38-54-57(70-56-30-18-16-28-53(56)69-54)37-48(51)65-61-52(68)35-40-21-13-14-26-44(40)58(61)46-32-34-50(67(42-22-9-5-10-23-42)43-24-11-6-12-25-43)60-59-45-27-15-17-29-55(45)71-63(59)66-62(46)60/h4-38,66H,1-3H3. The Morgan fingerprint density at radius 3 is 2.01 bits per heavy atom. The smallest absolute Gasteiger partial charge is 0.197 e. The molecule has 2 aliphatic heterocycles. The van der Waals surface area contributed by atoms with Gasteiger partial charge in [-0.15, -0.1) is 11.3 Å². The lowest BCUT2D eigenvalue weighted by molar-refractivity contribution is 0.455. The minimum atomic E-state index is -0.0578. The van der Waals surface area contributed by atoms with Crippen LogP contribution in [0.3, 0.4) is 0 Å². The van der Waals surface area contributed by atoms with Crippen LogP contribution in [0.2, 0.25) is 0 Å². The second-order valence-corrected chi connectivity index (χ2v) is 21.7. The highest BCUT2D eigenvalue weighted by atomic mass is 32.2. The highest BCUT2D eigenvalue weighted by Gasteiger charge is 2.34. The van der Waals surface area contributed by atoms with Crippen LogP contribution in [0, 0.1) is 0 Å². The van der Waals surface area contributed by atoms with Gasteiger partial charge in [0.05, 0.1) is 26.7 Å². The zero-order valence-electron chi connectivity index (χ0n) is 39.4. The van der Waals surface area contributed by atoms with Crippen LogP contribution in [0.25, 0.3) is 64.2 Å². The SMILES string of the molecule is CC(C)(C)c1ccc(N2c3cc4c(cc3[B]c3c2cc2ccccc2c3-c2ccc(N(c3ccccc3)c3ccccc3)c3c2[nH]c2sc5ccccc5c23)Sc2ccccc2O4)c(-c2ccccc2)c1. The molecule has 1 radical (unpaired) electrons. The van der Waals surface area contributed by atoms with Crippen LogP contribution in [0.1, 0.15) is 26.3 Å². The fourth-order valence-corrected chi connectivity index (χ4v) is 13.0. The molecule has 4 heterocycles. The molecule has 4 nitrogen and oxygen atoms in total. The number of aromatic amines is 1. The first kappa shape index (κ1) is 42.0. The summed E-state index contributed by atoms with van der Waals surface area (Å²) in [5.74, 6) is 1.74.